The number of fused-ring (bicyclic) bond motifs is 1. The van der Waals surface area contributed by atoms with Gasteiger partial charge in [-0.1, -0.05) is 30.3 Å². The Hall–Kier alpha value is -2.26. The highest BCUT2D eigenvalue weighted by Crippen LogP contribution is 2.23. The monoisotopic (exact) mass is 285 g/mol. The van der Waals surface area contributed by atoms with E-state index in [1.807, 2.05) is 48.5 Å². The molecule has 0 aliphatic heterocycles. The van der Waals surface area contributed by atoms with Crippen LogP contribution < -0.4 is 4.74 Å². The van der Waals surface area contributed by atoms with Crippen LogP contribution in [0.15, 0.2) is 54.6 Å². The molecule has 0 unspecified atom stereocenters. The zero-order valence-corrected chi connectivity index (χ0v) is 11.4. The predicted molar refractivity (Wildman–Crippen MR) is 79.3 cm³/mol. The Labute approximate surface area is 121 Å². The number of aromatic nitrogens is 1. The smallest absolute Gasteiger partial charge is 0.268 e. The maximum Gasteiger partial charge on any atom is 0.268 e. The Balaban J connectivity index is 1.80. The Kier molecular flexibility index (Phi) is 3.44. The van der Waals surface area contributed by atoms with Gasteiger partial charge < -0.3 is 9.72 Å². The van der Waals surface area contributed by atoms with E-state index in [0.29, 0.717) is 12.3 Å². The van der Waals surface area contributed by atoms with Gasteiger partial charge in [-0.3, -0.25) is 4.79 Å². The van der Waals surface area contributed by atoms with E-state index in [-0.39, 0.29) is 0 Å². The van der Waals surface area contributed by atoms with Crippen LogP contribution in [0.1, 0.15) is 16.1 Å². The number of rotatable bonds is 4. The number of halogens is 1. The number of ether oxygens (including phenoxy) is 1. The first kappa shape index (κ1) is 12.8. The summed E-state index contributed by atoms with van der Waals surface area (Å²) in [7, 11) is 0. The molecule has 0 bridgehead atoms. The molecule has 0 saturated carbocycles. The average molecular weight is 286 g/mol. The fourth-order valence-corrected chi connectivity index (χ4v) is 2.15. The van der Waals surface area contributed by atoms with Crippen molar-refractivity contribution in [2.24, 2.45) is 0 Å². The van der Waals surface area contributed by atoms with Gasteiger partial charge in [-0.2, -0.15) is 0 Å². The molecule has 4 heteroatoms. The van der Waals surface area contributed by atoms with E-state index in [1.54, 1.807) is 6.07 Å². The summed E-state index contributed by atoms with van der Waals surface area (Å²) in [6.07, 6.45) is 0. The van der Waals surface area contributed by atoms with Crippen LogP contribution >= 0.6 is 11.6 Å². The zero-order valence-electron chi connectivity index (χ0n) is 10.6. The van der Waals surface area contributed by atoms with Crippen LogP contribution in [0.25, 0.3) is 10.9 Å². The van der Waals surface area contributed by atoms with Crippen molar-refractivity contribution >= 4 is 27.7 Å². The van der Waals surface area contributed by atoms with Gasteiger partial charge in [0.2, 0.25) is 0 Å². The predicted octanol–water partition coefficient (Wildman–Crippen LogP) is 4.13. The standard InChI is InChI=1S/C16H12ClNO2/c17-16(19)15-9-12-8-13(6-7-14(12)18-15)20-10-11-4-2-1-3-5-11/h1-9,18H,10H2. The highest BCUT2D eigenvalue weighted by atomic mass is 35.5. The molecule has 3 nitrogen and oxygen atoms in total. The Morgan fingerprint density at radius 2 is 1.90 bits per heavy atom. The van der Waals surface area contributed by atoms with Crippen molar-refractivity contribution in [2.45, 2.75) is 6.61 Å². The lowest BCUT2D eigenvalue weighted by molar-refractivity contribution is 0.107. The van der Waals surface area contributed by atoms with Crippen LogP contribution in [-0.2, 0) is 6.61 Å². The highest BCUT2D eigenvalue weighted by molar-refractivity contribution is 6.67. The molecule has 1 aromatic heterocycles. The molecular formula is C16H12ClNO2. The van der Waals surface area contributed by atoms with Gasteiger partial charge in [0.05, 0.1) is 5.69 Å². The summed E-state index contributed by atoms with van der Waals surface area (Å²) >= 11 is 5.45. The van der Waals surface area contributed by atoms with E-state index in [4.69, 9.17) is 16.3 Å². The molecule has 3 rings (SSSR count). The minimum atomic E-state index is -0.493. The van der Waals surface area contributed by atoms with Gasteiger partial charge in [0, 0.05) is 10.9 Å². The van der Waals surface area contributed by atoms with Gasteiger partial charge in [0.1, 0.15) is 12.4 Å². The Morgan fingerprint density at radius 1 is 1.10 bits per heavy atom. The molecule has 0 radical (unpaired) electrons. The second-order valence-electron chi connectivity index (χ2n) is 4.48. The highest BCUT2D eigenvalue weighted by Gasteiger charge is 2.07. The van der Waals surface area contributed by atoms with Gasteiger partial charge in [0.25, 0.3) is 5.24 Å². The average Bonchev–Trinajstić information content (AvgIpc) is 2.89. The molecule has 0 fully saturated rings. The third kappa shape index (κ3) is 2.68. The molecule has 0 atom stereocenters. The normalized spacial score (nSPS) is 10.7. The van der Waals surface area contributed by atoms with Crippen molar-refractivity contribution < 1.29 is 9.53 Å². The van der Waals surface area contributed by atoms with Crippen molar-refractivity contribution in [2.75, 3.05) is 0 Å². The van der Waals surface area contributed by atoms with Gasteiger partial charge in [0.15, 0.2) is 0 Å². The van der Waals surface area contributed by atoms with Gasteiger partial charge in [-0.25, -0.2) is 0 Å². The third-order valence-electron chi connectivity index (χ3n) is 3.05. The Bertz CT molecular complexity index is 750. The number of hydrogen-bond acceptors (Lipinski definition) is 2. The topological polar surface area (TPSA) is 42.1 Å². The summed E-state index contributed by atoms with van der Waals surface area (Å²) in [6.45, 7) is 0.512. The quantitative estimate of drug-likeness (QED) is 0.733. The summed E-state index contributed by atoms with van der Waals surface area (Å²) in [6, 6.07) is 17.3. The maximum absolute atomic E-state index is 11.1. The third-order valence-corrected chi connectivity index (χ3v) is 3.26. The minimum Gasteiger partial charge on any atom is -0.489 e. The molecule has 3 aromatic rings. The lowest BCUT2D eigenvalue weighted by atomic mass is 10.2. The van der Waals surface area contributed by atoms with Crippen LogP contribution in [0, 0.1) is 0 Å². The van der Waals surface area contributed by atoms with Crippen molar-refractivity contribution in [3.63, 3.8) is 0 Å². The van der Waals surface area contributed by atoms with E-state index in [1.165, 1.54) is 0 Å². The van der Waals surface area contributed by atoms with Gasteiger partial charge in [-0.05, 0) is 41.4 Å². The molecule has 1 heterocycles. The minimum absolute atomic E-state index is 0.391. The van der Waals surface area contributed by atoms with E-state index >= 15 is 0 Å². The van der Waals surface area contributed by atoms with E-state index in [9.17, 15) is 4.79 Å². The first-order valence-electron chi connectivity index (χ1n) is 6.22. The summed E-state index contributed by atoms with van der Waals surface area (Å²) in [5.41, 5.74) is 2.36. The molecule has 0 amide bonds. The lowest BCUT2D eigenvalue weighted by Gasteiger charge is -2.06. The first-order chi connectivity index (χ1) is 9.72. The maximum atomic E-state index is 11.1. The Morgan fingerprint density at radius 3 is 2.65 bits per heavy atom. The van der Waals surface area contributed by atoms with Crippen molar-refractivity contribution in [1.82, 2.24) is 4.98 Å². The van der Waals surface area contributed by atoms with Crippen LogP contribution in [-0.4, -0.2) is 10.2 Å². The number of nitrogens with one attached hydrogen (secondary N) is 1. The fraction of sp³-hybridized carbons (Fsp3) is 0.0625. The molecule has 0 spiro atoms. The largest absolute Gasteiger partial charge is 0.489 e. The summed E-state index contributed by atoms with van der Waals surface area (Å²) in [5.74, 6) is 0.758. The van der Waals surface area contributed by atoms with Crippen LogP contribution in [0.3, 0.4) is 0 Å². The lowest BCUT2D eigenvalue weighted by Crippen LogP contribution is -1.94. The molecule has 20 heavy (non-hydrogen) atoms. The summed E-state index contributed by atoms with van der Waals surface area (Å²) in [4.78, 5) is 14.1. The number of aromatic amines is 1. The number of H-pyrrole nitrogens is 1. The van der Waals surface area contributed by atoms with Gasteiger partial charge >= 0.3 is 0 Å². The molecule has 0 aliphatic carbocycles. The second kappa shape index (κ2) is 5.39. The van der Waals surface area contributed by atoms with E-state index in [0.717, 1.165) is 22.2 Å². The van der Waals surface area contributed by atoms with Gasteiger partial charge in [-0.15, -0.1) is 0 Å². The second-order valence-corrected chi connectivity index (χ2v) is 4.82. The molecule has 0 saturated heterocycles. The van der Waals surface area contributed by atoms with Crippen molar-refractivity contribution in [3.05, 3.63) is 65.9 Å². The van der Waals surface area contributed by atoms with Crippen LogP contribution in [0.2, 0.25) is 0 Å². The molecule has 100 valence electrons. The number of benzene rings is 2. The molecule has 2 aromatic carbocycles. The zero-order chi connectivity index (χ0) is 13.9. The molecular weight excluding hydrogens is 274 g/mol. The summed E-state index contributed by atoms with van der Waals surface area (Å²) < 4.78 is 5.74. The van der Waals surface area contributed by atoms with Crippen molar-refractivity contribution in [3.8, 4) is 5.75 Å². The first-order valence-corrected chi connectivity index (χ1v) is 6.59. The van der Waals surface area contributed by atoms with Crippen LogP contribution in [0.4, 0.5) is 0 Å². The number of carbonyl (C=O) groups excluding carboxylic acids is 1. The van der Waals surface area contributed by atoms with Crippen molar-refractivity contribution in [1.29, 1.82) is 0 Å². The molecule has 0 aliphatic rings. The van der Waals surface area contributed by atoms with E-state index in [2.05, 4.69) is 4.98 Å². The summed E-state index contributed by atoms with van der Waals surface area (Å²) in [5, 5.41) is 0.410. The number of hydrogen-bond donors (Lipinski definition) is 1. The fourth-order valence-electron chi connectivity index (χ4n) is 2.05. The van der Waals surface area contributed by atoms with Crippen LogP contribution in [0.5, 0.6) is 5.75 Å². The molecule has 1 N–H and O–H groups in total. The number of carbonyl (C=O) groups is 1. The SMILES string of the molecule is O=C(Cl)c1cc2cc(OCc3ccccc3)ccc2[nH]1. The van der Waals surface area contributed by atoms with E-state index < -0.39 is 5.24 Å².